The van der Waals surface area contributed by atoms with Crippen molar-refractivity contribution in [2.24, 2.45) is 0 Å². The molecule has 0 aliphatic carbocycles. The molecule has 3 aromatic rings. The summed E-state index contributed by atoms with van der Waals surface area (Å²) in [7, 11) is 1.69. The van der Waals surface area contributed by atoms with E-state index in [1.54, 1.807) is 7.11 Å². The third kappa shape index (κ3) is 2.76. The molecule has 0 aliphatic rings. The number of aromatic amines is 1. The van der Waals surface area contributed by atoms with Crippen molar-refractivity contribution in [2.75, 3.05) is 12.4 Å². The van der Waals surface area contributed by atoms with Gasteiger partial charge in [0.1, 0.15) is 5.75 Å². The van der Waals surface area contributed by atoms with Gasteiger partial charge in [-0.1, -0.05) is 28.1 Å². The van der Waals surface area contributed by atoms with Gasteiger partial charge in [-0.2, -0.15) is 0 Å². The van der Waals surface area contributed by atoms with Gasteiger partial charge in [0, 0.05) is 28.1 Å². The Kier molecular flexibility index (Phi) is 3.88. The molecule has 1 aromatic heterocycles. The van der Waals surface area contributed by atoms with Crippen molar-refractivity contribution in [1.82, 2.24) is 4.98 Å². The molecule has 1 heterocycles. The predicted octanol–water partition coefficient (Wildman–Crippen LogP) is 4.86. The molecule has 0 unspecified atom stereocenters. The van der Waals surface area contributed by atoms with E-state index in [1.165, 1.54) is 10.9 Å². The van der Waals surface area contributed by atoms with E-state index in [1.807, 2.05) is 12.3 Å². The fourth-order valence-electron chi connectivity index (χ4n) is 2.59. The van der Waals surface area contributed by atoms with Crippen LogP contribution in [0.5, 0.6) is 5.75 Å². The first-order valence-electron chi connectivity index (χ1n) is 6.82. The zero-order valence-electron chi connectivity index (χ0n) is 12.0. The molecule has 0 aliphatic heterocycles. The van der Waals surface area contributed by atoms with Crippen molar-refractivity contribution in [3.63, 3.8) is 0 Å². The van der Waals surface area contributed by atoms with Crippen molar-refractivity contribution in [3.8, 4) is 5.75 Å². The van der Waals surface area contributed by atoms with Crippen LogP contribution >= 0.6 is 15.9 Å². The minimum atomic E-state index is 0.758. The first kappa shape index (κ1) is 14.0. The molecule has 0 amide bonds. The van der Waals surface area contributed by atoms with Crippen LogP contribution in [0.25, 0.3) is 10.9 Å². The summed E-state index contributed by atoms with van der Waals surface area (Å²) >= 11 is 3.50. The molecule has 0 radical (unpaired) electrons. The zero-order valence-corrected chi connectivity index (χ0v) is 13.6. The highest BCUT2D eigenvalue weighted by molar-refractivity contribution is 9.10. The molecule has 0 fully saturated rings. The number of hydrogen-bond donors (Lipinski definition) is 2. The standard InChI is InChI=1S/C17H17BrN2O/c1-11-8-13(18)9-16(21-2)17(11)20-10-12-4-3-5-15-14(12)6-7-19-15/h3-9,19-20H,10H2,1-2H3. The first-order chi connectivity index (χ1) is 10.2. The summed E-state index contributed by atoms with van der Waals surface area (Å²) in [6.45, 7) is 2.83. The van der Waals surface area contributed by atoms with Crippen molar-refractivity contribution in [1.29, 1.82) is 0 Å². The highest BCUT2D eigenvalue weighted by Crippen LogP contribution is 2.32. The molecule has 4 heteroatoms. The average molecular weight is 345 g/mol. The number of ether oxygens (including phenoxy) is 1. The Bertz CT molecular complexity index is 780. The lowest BCUT2D eigenvalue weighted by Crippen LogP contribution is -2.03. The second-order valence-electron chi connectivity index (χ2n) is 5.01. The summed E-state index contributed by atoms with van der Waals surface area (Å²) in [6, 6.07) is 12.5. The summed E-state index contributed by atoms with van der Waals surface area (Å²) in [5.41, 5.74) is 4.61. The molecule has 21 heavy (non-hydrogen) atoms. The molecular formula is C17H17BrN2O. The second kappa shape index (κ2) is 5.82. The third-order valence-electron chi connectivity index (χ3n) is 3.62. The van der Waals surface area contributed by atoms with Crippen LogP contribution in [0.15, 0.2) is 47.1 Å². The number of rotatable bonds is 4. The number of H-pyrrole nitrogens is 1. The molecule has 108 valence electrons. The fraction of sp³-hybridized carbons (Fsp3) is 0.176. The number of aromatic nitrogens is 1. The lowest BCUT2D eigenvalue weighted by molar-refractivity contribution is 0.416. The van der Waals surface area contributed by atoms with Crippen molar-refractivity contribution >= 4 is 32.5 Å². The van der Waals surface area contributed by atoms with E-state index in [2.05, 4.69) is 63.5 Å². The monoisotopic (exact) mass is 344 g/mol. The maximum atomic E-state index is 5.47. The number of methoxy groups -OCH3 is 1. The number of fused-ring (bicyclic) bond motifs is 1. The van der Waals surface area contributed by atoms with E-state index in [0.29, 0.717) is 0 Å². The van der Waals surface area contributed by atoms with Gasteiger partial charge in [-0.15, -0.1) is 0 Å². The van der Waals surface area contributed by atoms with E-state index in [0.717, 1.165) is 33.5 Å². The van der Waals surface area contributed by atoms with Gasteiger partial charge in [0.2, 0.25) is 0 Å². The highest BCUT2D eigenvalue weighted by Gasteiger charge is 2.09. The van der Waals surface area contributed by atoms with Crippen LogP contribution in [0.1, 0.15) is 11.1 Å². The lowest BCUT2D eigenvalue weighted by Gasteiger charge is -2.15. The smallest absolute Gasteiger partial charge is 0.143 e. The number of hydrogen-bond acceptors (Lipinski definition) is 2. The molecule has 2 aromatic carbocycles. The number of anilines is 1. The molecule has 0 atom stereocenters. The number of halogens is 1. The van der Waals surface area contributed by atoms with Crippen LogP contribution in [0.3, 0.4) is 0 Å². The average Bonchev–Trinajstić information content (AvgIpc) is 2.94. The van der Waals surface area contributed by atoms with E-state index >= 15 is 0 Å². The fourth-order valence-corrected chi connectivity index (χ4v) is 3.14. The maximum absolute atomic E-state index is 5.47. The van der Waals surface area contributed by atoms with Gasteiger partial charge in [-0.3, -0.25) is 0 Å². The maximum Gasteiger partial charge on any atom is 0.143 e. The van der Waals surface area contributed by atoms with E-state index in [-0.39, 0.29) is 0 Å². The topological polar surface area (TPSA) is 37.0 Å². The number of benzene rings is 2. The largest absolute Gasteiger partial charge is 0.495 e. The van der Waals surface area contributed by atoms with Gasteiger partial charge >= 0.3 is 0 Å². The predicted molar refractivity (Wildman–Crippen MR) is 91.1 cm³/mol. The van der Waals surface area contributed by atoms with E-state index in [9.17, 15) is 0 Å². The Hall–Kier alpha value is -1.94. The molecule has 0 bridgehead atoms. The Labute approximate surface area is 132 Å². The van der Waals surface area contributed by atoms with Crippen LogP contribution in [0, 0.1) is 6.92 Å². The van der Waals surface area contributed by atoms with Crippen molar-refractivity contribution in [3.05, 3.63) is 58.2 Å². The molecule has 2 N–H and O–H groups in total. The molecule has 0 spiro atoms. The number of nitrogens with one attached hydrogen (secondary N) is 2. The molecular weight excluding hydrogens is 328 g/mol. The SMILES string of the molecule is COc1cc(Br)cc(C)c1NCc1cccc2[nH]ccc12. The molecule has 3 nitrogen and oxygen atoms in total. The molecule has 3 rings (SSSR count). The van der Waals surface area contributed by atoms with Crippen LogP contribution in [-0.2, 0) is 6.54 Å². The quantitative estimate of drug-likeness (QED) is 0.709. The molecule has 0 saturated carbocycles. The summed E-state index contributed by atoms with van der Waals surface area (Å²) in [6.07, 6.45) is 1.97. The molecule has 0 saturated heterocycles. The normalized spacial score (nSPS) is 10.8. The van der Waals surface area contributed by atoms with Crippen LogP contribution in [0.4, 0.5) is 5.69 Å². The first-order valence-corrected chi connectivity index (χ1v) is 7.61. The van der Waals surface area contributed by atoms with Gasteiger partial charge in [-0.05, 0) is 42.3 Å². The Morgan fingerprint density at radius 1 is 1.24 bits per heavy atom. The third-order valence-corrected chi connectivity index (χ3v) is 4.08. The van der Waals surface area contributed by atoms with E-state index < -0.39 is 0 Å². The van der Waals surface area contributed by atoms with Gasteiger partial charge in [0.15, 0.2) is 0 Å². The van der Waals surface area contributed by atoms with Gasteiger partial charge in [0.25, 0.3) is 0 Å². The second-order valence-corrected chi connectivity index (χ2v) is 5.93. The minimum absolute atomic E-state index is 0.758. The Morgan fingerprint density at radius 2 is 2.10 bits per heavy atom. The number of aryl methyl sites for hydroxylation is 1. The lowest BCUT2D eigenvalue weighted by atomic mass is 10.1. The Balaban J connectivity index is 1.90. The van der Waals surface area contributed by atoms with Crippen molar-refractivity contribution in [2.45, 2.75) is 13.5 Å². The summed E-state index contributed by atoms with van der Waals surface area (Å²) in [5.74, 6) is 0.850. The van der Waals surface area contributed by atoms with Gasteiger partial charge in [0.05, 0.1) is 12.8 Å². The summed E-state index contributed by atoms with van der Waals surface area (Å²) in [5, 5.41) is 4.75. The van der Waals surface area contributed by atoms with Gasteiger partial charge in [-0.25, -0.2) is 0 Å². The Morgan fingerprint density at radius 3 is 2.90 bits per heavy atom. The van der Waals surface area contributed by atoms with E-state index in [4.69, 9.17) is 4.74 Å². The van der Waals surface area contributed by atoms with Crippen LogP contribution in [-0.4, -0.2) is 12.1 Å². The highest BCUT2D eigenvalue weighted by atomic mass is 79.9. The summed E-state index contributed by atoms with van der Waals surface area (Å²) < 4.78 is 6.49. The van der Waals surface area contributed by atoms with Gasteiger partial charge < -0.3 is 15.0 Å². The van der Waals surface area contributed by atoms with Crippen LogP contribution < -0.4 is 10.1 Å². The van der Waals surface area contributed by atoms with Crippen LogP contribution in [0.2, 0.25) is 0 Å². The summed E-state index contributed by atoms with van der Waals surface area (Å²) in [4.78, 5) is 3.24. The minimum Gasteiger partial charge on any atom is -0.495 e. The van der Waals surface area contributed by atoms with Crippen molar-refractivity contribution < 1.29 is 4.74 Å². The zero-order chi connectivity index (χ0) is 14.8.